The quantitative estimate of drug-likeness (QED) is 0.741. The molecule has 134 valence electrons. The highest BCUT2D eigenvalue weighted by molar-refractivity contribution is 5.97. The Bertz CT molecular complexity index is 578. The van der Waals surface area contributed by atoms with Crippen molar-refractivity contribution in [1.29, 1.82) is 0 Å². The molecule has 2 rings (SSSR count). The maximum Gasteiger partial charge on any atom is 0.416 e. The van der Waals surface area contributed by atoms with Crippen LogP contribution in [0.15, 0.2) is 18.2 Å². The molecule has 0 aliphatic carbocycles. The third kappa shape index (κ3) is 4.61. The van der Waals surface area contributed by atoms with Crippen LogP contribution in [0.3, 0.4) is 0 Å². The Hall–Kier alpha value is -1.80. The summed E-state index contributed by atoms with van der Waals surface area (Å²) in [6.07, 6.45) is -3.37. The van der Waals surface area contributed by atoms with Gasteiger partial charge in [0.05, 0.1) is 23.0 Å². The van der Waals surface area contributed by atoms with Gasteiger partial charge in [-0.25, -0.2) is 0 Å². The molecule has 0 unspecified atom stereocenters. The number of halogens is 3. The second kappa shape index (κ2) is 7.85. The van der Waals surface area contributed by atoms with E-state index in [1.807, 2.05) is 6.92 Å². The molecule has 4 N–H and O–H groups in total. The zero-order valence-electron chi connectivity index (χ0n) is 13.5. The van der Waals surface area contributed by atoms with E-state index in [2.05, 4.69) is 10.6 Å². The van der Waals surface area contributed by atoms with E-state index < -0.39 is 23.8 Å². The van der Waals surface area contributed by atoms with Crippen LogP contribution in [-0.2, 0) is 15.7 Å². The minimum absolute atomic E-state index is 0.100. The molecule has 1 aliphatic heterocycles. The molecule has 5 nitrogen and oxygen atoms in total. The number of alkyl halides is 3. The summed E-state index contributed by atoms with van der Waals surface area (Å²) in [5.74, 6) is -0.454. The number of amides is 1. The number of nitrogens with one attached hydrogen (secondary N) is 2. The van der Waals surface area contributed by atoms with Crippen LogP contribution in [0.4, 0.5) is 24.5 Å². The Morgan fingerprint density at radius 2 is 2.08 bits per heavy atom. The van der Waals surface area contributed by atoms with Gasteiger partial charge >= 0.3 is 6.18 Å². The first-order valence-corrected chi connectivity index (χ1v) is 7.96. The van der Waals surface area contributed by atoms with E-state index in [1.165, 1.54) is 6.07 Å². The number of hydrogen-bond acceptors (Lipinski definition) is 4. The molecule has 0 bridgehead atoms. The van der Waals surface area contributed by atoms with Gasteiger partial charge in [-0.15, -0.1) is 0 Å². The standard InChI is InChI=1S/C16H22F3N3O2/c1-2-7-21-12-5-3-10(16(17,18)19)8-13(12)22-15(23)14-6-4-11(9-20)24-14/h3,5,8,11,14,21H,2,4,6-7,9,20H2,1H3,(H,22,23)/t11-,14+/m1/s1. The van der Waals surface area contributed by atoms with E-state index >= 15 is 0 Å². The molecule has 0 spiro atoms. The maximum absolute atomic E-state index is 12.9. The lowest BCUT2D eigenvalue weighted by atomic mass is 10.1. The highest BCUT2D eigenvalue weighted by Gasteiger charge is 2.33. The predicted octanol–water partition coefficient (Wildman–Crippen LogP) is 2.97. The molecular weight excluding hydrogens is 323 g/mol. The normalized spacial score (nSPS) is 20.9. The molecule has 1 fully saturated rings. The summed E-state index contributed by atoms with van der Waals surface area (Å²) in [6.45, 7) is 2.84. The number of hydrogen-bond donors (Lipinski definition) is 3. The van der Waals surface area contributed by atoms with Crippen molar-refractivity contribution in [2.45, 2.75) is 44.6 Å². The second-order valence-corrected chi connectivity index (χ2v) is 5.73. The third-order valence-corrected chi connectivity index (χ3v) is 3.83. The summed E-state index contributed by atoms with van der Waals surface area (Å²) in [4.78, 5) is 12.3. The largest absolute Gasteiger partial charge is 0.416 e. The van der Waals surface area contributed by atoms with Crippen LogP contribution in [0.2, 0.25) is 0 Å². The van der Waals surface area contributed by atoms with Gasteiger partial charge in [0.15, 0.2) is 0 Å². The van der Waals surface area contributed by atoms with Gasteiger partial charge in [0.25, 0.3) is 5.91 Å². The lowest BCUT2D eigenvalue weighted by Gasteiger charge is -2.18. The van der Waals surface area contributed by atoms with Crippen LogP contribution in [0.1, 0.15) is 31.7 Å². The first-order valence-electron chi connectivity index (χ1n) is 7.96. The molecule has 2 atom stereocenters. The molecule has 1 aliphatic rings. The molecule has 0 saturated carbocycles. The number of ether oxygens (including phenoxy) is 1. The highest BCUT2D eigenvalue weighted by atomic mass is 19.4. The molecular formula is C16H22F3N3O2. The Morgan fingerprint density at radius 1 is 1.33 bits per heavy atom. The number of rotatable bonds is 6. The van der Waals surface area contributed by atoms with Gasteiger partial charge in [0.2, 0.25) is 0 Å². The zero-order valence-corrected chi connectivity index (χ0v) is 13.5. The molecule has 1 aromatic carbocycles. The van der Waals surface area contributed by atoms with Gasteiger partial charge < -0.3 is 21.1 Å². The van der Waals surface area contributed by atoms with Crippen molar-refractivity contribution in [2.24, 2.45) is 5.73 Å². The second-order valence-electron chi connectivity index (χ2n) is 5.73. The third-order valence-electron chi connectivity index (χ3n) is 3.83. The predicted molar refractivity (Wildman–Crippen MR) is 85.8 cm³/mol. The molecule has 24 heavy (non-hydrogen) atoms. The summed E-state index contributed by atoms with van der Waals surface area (Å²) < 4.78 is 44.2. The lowest BCUT2D eigenvalue weighted by Crippen LogP contribution is -2.30. The lowest BCUT2D eigenvalue weighted by molar-refractivity contribution is -0.137. The van der Waals surface area contributed by atoms with E-state index in [9.17, 15) is 18.0 Å². The fourth-order valence-electron chi connectivity index (χ4n) is 2.52. The SMILES string of the molecule is CCCNc1ccc(C(F)(F)F)cc1NC(=O)[C@@H]1CC[C@H](CN)O1. The topological polar surface area (TPSA) is 76.4 Å². The van der Waals surface area contributed by atoms with Crippen molar-refractivity contribution in [2.75, 3.05) is 23.7 Å². The first-order chi connectivity index (χ1) is 11.3. The van der Waals surface area contributed by atoms with Gasteiger partial charge in [-0.2, -0.15) is 13.2 Å². The Balaban J connectivity index is 2.17. The van der Waals surface area contributed by atoms with Crippen molar-refractivity contribution < 1.29 is 22.7 Å². The number of carbonyl (C=O) groups excluding carboxylic acids is 1. The van der Waals surface area contributed by atoms with Crippen LogP contribution >= 0.6 is 0 Å². The van der Waals surface area contributed by atoms with Gasteiger partial charge in [0, 0.05) is 13.1 Å². The van der Waals surface area contributed by atoms with Crippen molar-refractivity contribution in [3.8, 4) is 0 Å². The van der Waals surface area contributed by atoms with E-state index in [0.29, 0.717) is 31.6 Å². The molecule has 1 heterocycles. The van der Waals surface area contributed by atoms with Gasteiger partial charge in [-0.3, -0.25) is 4.79 Å². The van der Waals surface area contributed by atoms with Gasteiger partial charge in [0.1, 0.15) is 6.10 Å². The average Bonchev–Trinajstić information content (AvgIpc) is 3.02. The molecule has 0 aromatic heterocycles. The van der Waals surface area contributed by atoms with Crippen molar-refractivity contribution in [3.05, 3.63) is 23.8 Å². The highest BCUT2D eigenvalue weighted by Crippen LogP contribution is 2.34. The van der Waals surface area contributed by atoms with Gasteiger partial charge in [-0.1, -0.05) is 6.92 Å². The van der Waals surface area contributed by atoms with Gasteiger partial charge in [-0.05, 0) is 37.5 Å². The van der Waals surface area contributed by atoms with E-state index in [0.717, 1.165) is 18.6 Å². The molecule has 1 saturated heterocycles. The summed E-state index contributed by atoms with van der Waals surface area (Å²) in [7, 11) is 0. The molecule has 8 heteroatoms. The minimum Gasteiger partial charge on any atom is -0.383 e. The van der Waals surface area contributed by atoms with E-state index in [1.54, 1.807) is 0 Å². The van der Waals surface area contributed by atoms with Crippen molar-refractivity contribution in [3.63, 3.8) is 0 Å². The van der Waals surface area contributed by atoms with Crippen molar-refractivity contribution >= 4 is 17.3 Å². The number of carbonyl (C=O) groups is 1. The minimum atomic E-state index is -4.47. The van der Waals surface area contributed by atoms with E-state index in [-0.39, 0.29) is 11.8 Å². The molecule has 0 radical (unpaired) electrons. The zero-order chi connectivity index (χ0) is 17.7. The van der Waals surface area contributed by atoms with Crippen LogP contribution in [-0.4, -0.2) is 31.2 Å². The van der Waals surface area contributed by atoms with Crippen LogP contribution in [0.25, 0.3) is 0 Å². The summed E-state index contributed by atoms with van der Waals surface area (Å²) in [6, 6.07) is 3.25. The summed E-state index contributed by atoms with van der Waals surface area (Å²) in [5.41, 5.74) is 5.24. The maximum atomic E-state index is 12.9. The smallest absolute Gasteiger partial charge is 0.383 e. The fraction of sp³-hybridized carbons (Fsp3) is 0.562. The number of benzene rings is 1. The molecule has 1 amide bonds. The van der Waals surface area contributed by atoms with E-state index in [4.69, 9.17) is 10.5 Å². The van der Waals surface area contributed by atoms with Crippen LogP contribution < -0.4 is 16.4 Å². The Morgan fingerprint density at radius 3 is 2.67 bits per heavy atom. The van der Waals surface area contributed by atoms with Crippen molar-refractivity contribution in [1.82, 2.24) is 0 Å². The monoisotopic (exact) mass is 345 g/mol. The Labute approximate surface area is 138 Å². The fourth-order valence-corrected chi connectivity index (χ4v) is 2.52. The van der Waals surface area contributed by atoms with Crippen LogP contribution in [0.5, 0.6) is 0 Å². The average molecular weight is 345 g/mol. The molecule has 1 aromatic rings. The number of nitrogens with two attached hydrogens (primary N) is 1. The number of anilines is 2. The summed E-state index contributed by atoms with van der Waals surface area (Å²) >= 11 is 0. The van der Waals surface area contributed by atoms with Crippen LogP contribution in [0, 0.1) is 0 Å². The Kier molecular flexibility index (Phi) is 6.06. The first kappa shape index (κ1) is 18.5. The summed E-state index contributed by atoms with van der Waals surface area (Å²) in [5, 5.41) is 5.57.